The van der Waals surface area contributed by atoms with Gasteiger partial charge in [0.25, 0.3) is 0 Å². The van der Waals surface area contributed by atoms with Crippen molar-refractivity contribution in [3.8, 4) is 0 Å². The lowest BCUT2D eigenvalue weighted by Gasteiger charge is -2.29. The molecule has 1 aromatic heterocycles. The number of nitrogens with one attached hydrogen (secondary N) is 5. The summed E-state index contributed by atoms with van der Waals surface area (Å²) >= 11 is 4.04. The Hall–Kier alpha value is -4.46. The number of carbonyl (C=O) groups is 7. The second kappa shape index (κ2) is 32.0. The zero-order valence-electron chi connectivity index (χ0n) is 42.6. The van der Waals surface area contributed by atoms with E-state index in [1.807, 2.05) is 34.6 Å². The minimum Gasteiger partial charge on any atom is -0.394 e. The molecule has 7 amide bonds. The van der Waals surface area contributed by atoms with E-state index < -0.39 is 91.9 Å². The van der Waals surface area contributed by atoms with Crippen LogP contribution in [-0.4, -0.2) is 164 Å². The summed E-state index contributed by atoms with van der Waals surface area (Å²) in [7, 11) is -5.13. The van der Waals surface area contributed by atoms with Gasteiger partial charge in [0.15, 0.2) is 0 Å². The number of unbranched alkanes of at least 4 members (excludes halogenated alkanes) is 2. The molecule has 8 atom stereocenters. The monoisotopic (exact) mass is 1060 g/mol. The molecule has 2 rings (SSSR count). The molecule has 72 heavy (non-hydrogen) atoms. The Labute approximate surface area is 428 Å². The summed E-state index contributed by atoms with van der Waals surface area (Å²) < 4.78 is 29.7. The maximum Gasteiger partial charge on any atom is 0.469 e. The fourth-order valence-corrected chi connectivity index (χ4v) is 8.40. The Balaban J connectivity index is 2.16. The maximum atomic E-state index is 14.3. The molecule has 1 aromatic rings. The van der Waals surface area contributed by atoms with Crippen molar-refractivity contribution < 1.29 is 67.0 Å². The van der Waals surface area contributed by atoms with E-state index in [9.17, 15) is 53.0 Å². The number of nitrogens with zero attached hydrogens (tertiary/aromatic N) is 3. The van der Waals surface area contributed by atoms with Crippen molar-refractivity contribution in [2.24, 2.45) is 23.3 Å². The van der Waals surface area contributed by atoms with Crippen molar-refractivity contribution in [2.45, 2.75) is 160 Å². The Morgan fingerprint density at radius 1 is 0.986 bits per heavy atom. The predicted octanol–water partition coefficient (Wildman–Crippen LogP) is -0.275. The van der Waals surface area contributed by atoms with Crippen LogP contribution in [0.2, 0.25) is 0 Å². The van der Waals surface area contributed by atoms with E-state index in [1.54, 1.807) is 17.0 Å². The Kier molecular flexibility index (Phi) is 28.3. The van der Waals surface area contributed by atoms with Crippen molar-refractivity contribution in [1.29, 1.82) is 0 Å². The van der Waals surface area contributed by atoms with Gasteiger partial charge >= 0.3 is 7.82 Å². The lowest BCUT2D eigenvalue weighted by molar-refractivity contribution is -0.141. The number of allylic oxidation sites excluding steroid dienone is 1. The van der Waals surface area contributed by atoms with Gasteiger partial charge in [-0.2, -0.15) is 12.6 Å². The molecule has 1 fully saturated rings. The molecule has 0 radical (unpaired) electrons. The molecule has 0 spiro atoms. The van der Waals surface area contributed by atoms with Gasteiger partial charge in [-0.25, -0.2) is 9.55 Å². The third-order valence-electron chi connectivity index (χ3n) is 11.8. The summed E-state index contributed by atoms with van der Waals surface area (Å²) in [6.07, 6.45) is 7.69. The number of aliphatic hydroxyl groups is 1. The smallest absolute Gasteiger partial charge is 0.394 e. The lowest BCUT2D eigenvalue weighted by Crippen LogP contribution is -2.61. The van der Waals surface area contributed by atoms with E-state index in [4.69, 9.17) is 20.9 Å². The van der Waals surface area contributed by atoms with E-state index in [-0.39, 0.29) is 55.3 Å². The van der Waals surface area contributed by atoms with Crippen LogP contribution in [-0.2, 0) is 65.1 Å². The number of rotatable bonds is 36. The predicted molar refractivity (Wildman–Crippen MR) is 269 cm³/mol. The van der Waals surface area contributed by atoms with Gasteiger partial charge in [-0.05, 0) is 84.0 Å². The minimum absolute atomic E-state index is 0.00147. The van der Waals surface area contributed by atoms with E-state index in [2.05, 4.69) is 55.3 Å². The fraction of sp³-hybridized carbons (Fsp3) is 0.739. The van der Waals surface area contributed by atoms with Crippen LogP contribution in [0, 0.1) is 11.8 Å². The summed E-state index contributed by atoms with van der Waals surface area (Å²) in [5, 5.41) is 23.0. The number of amides is 7. The lowest BCUT2D eigenvalue weighted by atomic mass is 10.0. The van der Waals surface area contributed by atoms with Crippen molar-refractivity contribution in [3.63, 3.8) is 0 Å². The van der Waals surface area contributed by atoms with Crippen molar-refractivity contribution in [3.05, 3.63) is 30.9 Å². The molecule has 0 saturated carbocycles. The standard InChI is InChI=1S/C46H81N10O14PS/c1-8-9-10-11-18-55-28-49-24-32(55)23-35(43(62)53-36(25-57)44(63)54-39(40(48)59)31(5)70-71(65,66)67)51-42(61)34(22-29(2)3)52-45(64)37-13-12-19-56(37)38(58)15-20-69-46(6,7)16-21-68-26-30(4)14-17-50-41(60)33(47)27-72/h8,24,28-31,33-37,39,57,72H,1,9-23,25-27,47H2,2-7H3,(H2,48,59)(H,50,60)(H,51,61)(H,52,64)(H,53,62)(H,54,63)(H2,65,66,67)/t30?,31?,33-,34-,35-,36-,37-,39-/m0/s1. The molecule has 1 aliphatic heterocycles. The first-order valence-corrected chi connectivity index (χ1v) is 26.6. The number of aliphatic hydroxyl groups excluding tert-OH is 1. The second-order valence-electron chi connectivity index (χ2n) is 19.2. The van der Waals surface area contributed by atoms with Crippen LogP contribution in [0.4, 0.5) is 0 Å². The van der Waals surface area contributed by atoms with Crippen molar-refractivity contribution >= 4 is 61.8 Å². The van der Waals surface area contributed by atoms with E-state index >= 15 is 0 Å². The summed E-state index contributed by atoms with van der Waals surface area (Å²) in [5.74, 6) is -4.89. The van der Waals surface area contributed by atoms with Gasteiger partial charge in [0.2, 0.25) is 41.4 Å². The molecule has 410 valence electrons. The number of primary amides is 1. The van der Waals surface area contributed by atoms with Crippen LogP contribution in [0.3, 0.4) is 0 Å². The zero-order valence-corrected chi connectivity index (χ0v) is 44.4. The molecule has 0 aromatic carbocycles. The number of phosphoric ester groups is 1. The van der Waals surface area contributed by atoms with Crippen LogP contribution in [0.25, 0.3) is 0 Å². The van der Waals surface area contributed by atoms with Crippen LogP contribution in [0.1, 0.15) is 105 Å². The number of hydrogen-bond donors (Lipinski definition) is 11. The molecular formula is C46H81N10O14PS. The Morgan fingerprint density at radius 3 is 2.28 bits per heavy atom. The van der Waals surface area contributed by atoms with Crippen LogP contribution >= 0.6 is 20.5 Å². The Morgan fingerprint density at radius 2 is 1.65 bits per heavy atom. The quantitative estimate of drug-likeness (QED) is 0.0178. The normalized spacial score (nSPS) is 16.9. The second-order valence-corrected chi connectivity index (χ2v) is 20.7. The van der Waals surface area contributed by atoms with Crippen LogP contribution in [0.15, 0.2) is 25.2 Å². The molecule has 1 aliphatic rings. The average molecular weight is 1060 g/mol. The van der Waals surface area contributed by atoms with Crippen LogP contribution in [0.5, 0.6) is 0 Å². The number of imidazole rings is 1. The highest BCUT2D eigenvalue weighted by atomic mass is 32.1. The molecule has 26 heteroatoms. The summed E-state index contributed by atoms with van der Waals surface area (Å²) in [5.41, 5.74) is 11.0. The molecule has 2 unspecified atom stereocenters. The third-order valence-corrected chi connectivity index (χ3v) is 12.8. The molecule has 0 bridgehead atoms. The molecule has 12 N–H and O–H groups in total. The average Bonchev–Trinajstić information content (AvgIpc) is 3.98. The SMILES string of the molecule is C=CCCCCn1cncc1C[C@H](NC(=O)[C@H](CC(C)C)NC(=O)[C@@H]1CCCN1C(=O)CCOC(C)(C)CCOCC(C)CCNC(=O)[C@@H](N)CS)C(=O)N[C@@H](CO)C(=O)N[C@H](C(N)=O)C(C)OP(=O)(O)O. The Bertz CT molecular complexity index is 1970. The summed E-state index contributed by atoms with van der Waals surface area (Å²) in [6, 6.07) is -7.70. The zero-order chi connectivity index (χ0) is 54.2. The highest BCUT2D eigenvalue weighted by Gasteiger charge is 2.38. The van der Waals surface area contributed by atoms with Gasteiger partial charge in [-0.3, -0.25) is 38.1 Å². The summed E-state index contributed by atoms with van der Waals surface area (Å²) in [4.78, 5) is 117. The largest absolute Gasteiger partial charge is 0.469 e. The molecule has 1 saturated heterocycles. The van der Waals surface area contributed by atoms with E-state index in [1.165, 1.54) is 11.1 Å². The highest BCUT2D eigenvalue weighted by Crippen LogP contribution is 2.38. The molecular weight excluding hydrogens is 980 g/mol. The number of thiol groups is 1. The summed E-state index contributed by atoms with van der Waals surface area (Å²) in [6.45, 7) is 15.6. The number of carbonyl (C=O) groups excluding carboxylic acids is 7. The van der Waals surface area contributed by atoms with Gasteiger partial charge in [0.1, 0.15) is 30.2 Å². The van der Waals surface area contributed by atoms with Crippen LogP contribution < -0.4 is 38.1 Å². The molecule has 24 nitrogen and oxygen atoms in total. The number of ether oxygens (including phenoxy) is 2. The number of hydrogen-bond acceptors (Lipinski definition) is 15. The van der Waals surface area contributed by atoms with Gasteiger partial charge in [-0.15, -0.1) is 6.58 Å². The first kappa shape index (κ1) is 63.7. The number of likely N-dealkylation sites (tertiary alicyclic amines) is 1. The van der Waals surface area contributed by atoms with Gasteiger partial charge in [0.05, 0.1) is 43.7 Å². The highest BCUT2D eigenvalue weighted by molar-refractivity contribution is 7.80. The van der Waals surface area contributed by atoms with E-state index in [0.717, 1.165) is 26.2 Å². The first-order valence-electron chi connectivity index (χ1n) is 24.4. The number of nitrogens with two attached hydrogens (primary N) is 2. The number of aryl methyl sites for hydroxylation is 1. The van der Waals surface area contributed by atoms with Gasteiger partial charge < -0.3 is 71.9 Å². The fourth-order valence-electron chi connectivity index (χ4n) is 7.68. The number of aromatic nitrogens is 2. The van der Waals surface area contributed by atoms with Gasteiger partial charge in [-0.1, -0.05) is 26.8 Å². The topological polar surface area (TPSA) is 358 Å². The minimum atomic E-state index is -5.13. The molecule has 2 heterocycles. The first-order chi connectivity index (χ1) is 33.8. The van der Waals surface area contributed by atoms with E-state index in [0.29, 0.717) is 64.2 Å². The third kappa shape index (κ3) is 23.6. The van der Waals surface area contributed by atoms with Crippen molar-refractivity contribution in [1.82, 2.24) is 41.0 Å². The van der Waals surface area contributed by atoms with Crippen molar-refractivity contribution in [2.75, 3.05) is 45.3 Å². The van der Waals surface area contributed by atoms with Gasteiger partial charge in [0, 0.05) is 56.9 Å². The maximum absolute atomic E-state index is 14.3. The number of phosphoric acid groups is 1. The molecule has 0 aliphatic carbocycles.